The van der Waals surface area contributed by atoms with Gasteiger partial charge in [-0.25, -0.2) is 4.98 Å². The van der Waals surface area contributed by atoms with Crippen LogP contribution >= 0.6 is 11.6 Å². The summed E-state index contributed by atoms with van der Waals surface area (Å²) in [6.45, 7) is 2.52. The molecule has 0 fully saturated rings. The molecule has 1 aromatic heterocycles. The Hall–Kier alpha value is -2.59. The van der Waals surface area contributed by atoms with Crippen molar-refractivity contribution in [3.05, 3.63) is 87.4 Å². The van der Waals surface area contributed by atoms with Gasteiger partial charge in [0.15, 0.2) is 5.82 Å². The Balaban J connectivity index is 1.83. The van der Waals surface area contributed by atoms with Crippen molar-refractivity contribution in [2.45, 2.75) is 13.5 Å². The SMILES string of the molecule is Cc1ccc(-n2ccnc(NCc3ccc(Cl)cc3)c2=O)cc1. The fourth-order valence-corrected chi connectivity index (χ4v) is 2.36. The van der Waals surface area contributed by atoms with E-state index in [0.717, 1.165) is 16.8 Å². The van der Waals surface area contributed by atoms with Crippen molar-refractivity contribution >= 4 is 17.4 Å². The lowest BCUT2D eigenvalue weighted by molar-refractivity contribution is 0.944. The second-order valence-electron chi connectivity index (χ2n) is 5.27. The van der Waals surface area contributed by atoms with Gasteiger partial charge in [0.25, 0.3) is 5.56 Å². The van der Waals surface area contributed by atoms with Gasteiger partial charge >= 0.3 is 0 Å². The van der Waals surface area contributed by atoms with E-state index in [2.05, 4.69) is 10.3 Å². The van der Waals surface area contributed by atoms with Gasteiger partial charge in [-0.2, -0.15) is 0 Å². The van der Waals surface area contributed by atoms with Gasteiger partial charge < -0.3 is 5.32 Å². The molecule has 0 saturated heterocycles. The lowest BCUT2D eigenvalue weighted by atomic mass is 10.2. The van der Waals surface area contributed by atoms with Gasteiger partial charge in [0.05, 0.1) is 0 Å². The predicted molar refractivity (Wildman–Crippen MR) is 93.3 cm³/mol. The standard InChI is InChI=1S/C18H16ClN3O/c1-13-2-8-16(9-3-13)22-11-10-20-17(18(22)23)21-12-14-4-6-15(19)7-5-14/h2-11H,12H2,1H3,(H,20,21). The minimum absolute atomic E-state index is 0.176. The Kier molecular flexibility index (Phi) is 4.44. The van der Waals surface area contributed by atoms with Gasteiger partial charge in [0.2, 0.25) is 0 Å². The van der Waals surface area contributed by atoms with E-state index in [4.69, 9.17) is 11.6 Å². The number of aryl methyl sites for hydroxylation is 1. The summed E-state index contributed by atoms with van der Waals surface area (Å²) < 4.78 is 1.58. The molecule has 0 radical (unpaired) electrons. The van der Waals surface area contributed by atoms with E-state index in [0.29, 0.717) is 17.4 Å². The summed E-state index contributed by atoms with van der Waals surface area (Å²) in [4.78, 5) is 16.7. The number of aromatic nitrogens is 2. The molecule has 0 unspecified atom stereocenters. The lowest BCUT2D eigenvalue weighted by Gasteiger charge is -2.09. The first-order valence-electron chi connectivity index (χ1n) is 7.26. The molecule has 0 saturated carbocycles. The van der Waals surface area contributed by atoms with Crippen LogP contribution in [0, 0.1) is 6.92 Å². The third-order valence-electron chi connectivity index (χ3n) is 3.53. The van der Waals surface area contributed by atoms with Gasteiger partial charge in [-0.05, 0) is 36.8 Å². The molecule has 116 valence electrons. The molecular formula is C18H16ClN3O. The molecule has 23 heavy (non-hydrogen) atoms. The van der Waals surface area contributed by atoms with Crippen LogP contribution in [0.25, 0.3) is 5.69 Å². The number of benzene rings is 2. The first-order valence-corrected chi connectivity index (χ1v) is 7.64. The lowest BCUT2D eigenvalue weighted by Crippen LogP contribution is -2.23. The Bertz CT molecular complexity index is 855. The molecule has 0 amide bonds. The summed E-state index contributed by atoms with van der Waals surface area (Å²) in [6, 6.07) is 15.3. The van der Waals surface area contributed by atoms with Crippen molar-refractivity contribution in [1.29, 1.82) is 0 Å². The third kappa shape index (κ3) is 3.60. The summed E-state index contributed by atoms with van der Waals surface area (Å²) in [5, 5.41) is 3.77. The number of nitrogens with one attached hydrogen (secondary N) is 1. The Labute approximate surface area is 139 Å². The number of hydrogen-bond donors (Lipinski definition) is 1. The molecule has 0 spiro atoms. The second kappa shape index (κ2) is 6.67. The molecule has 5 heteroatoms. The minimum atomic E-state index is -0.176. The summed E-state index contributed by atoms with van der Waals surface area (Å²) in [5.41, 5.74) is 2.82. The fraction of sp³-hybridized carbons (Fsp3) is 0.111. The van der Waals surface area contributed by atoms with E-state index in [1.807, 2.05) is 55.5 Å². The van der Waals surface area contributed by atoms with Crippen molar-refractivity contribution in [1.82, 2.24) is 9.55 Å². The maximum atomic E-state index is 12.5. The number of rotatable bonds is 4. The van der Waals surface area contributed by atoms with Gasteiger partial charge in [0, 0.05) is 29.6 Å². The maximum absolute atomic E-state index is 12.5. The van der Waals surface area contributed by atoms with E-state index in [-0.39, 0.29) is 5.56 Å². The highest BCUT2D eigenvalue weighted by Gasteiger charge is 2.06. The zero-order chi connectivity index (χ0) is 16.2. The van der Waals surface area contributed by atoms with Gasteiger partial charge in [-0.15, -0.1) is 0 Å². The average Bonchev–Trinajstić information content (AvgIpc) is 2.56. The van der Waals surface area contributed by atoms with Crippen LogP contribution in [-0.2, 0) is 6.54 Å². The van der Waals surface area contributed by atoms with Crippen LogP contribution < -0.4 is 10.9 Å². The van der Waals surface area contributed by atoms with E-state index in [1.54, 1.807) is 17.0 Å². The second-order valence-corrected chi connectivity index (χ2v) is 5.70. The van der Waals surface area contributed by atoms with Gasteiger partial charge in [-0.3, -0.25) is 9.36 Å². The highest BCUT2D eigenvalue weighted by atomic mass is 35.5. The number of nitrogens with zero attached hydrogens (tertiary/aromatic N) is 2. The molecule has 2 aromatic carbocycles. The Morgan fingerprint density at radius 3 is 2.48 bits per heavy atom. The third-order valence-corrected chi connectivity index (χ3v) is 3.78. The van der Waals surface area contributed by atoms with Gasteiger partial charge in [-0.1, -0.05) is 41.4 Å². The highest BCUT2D eigenvalue weighted by Crippen LogP contribution is 2.11. The predicted octanol–water partition coefficient (Wildman–Crippen LogP) is 3.81. The molecule has 0 aliphatic heterocycles. The topological polar surface area (TPSA) is 46.9 Å². The molecule has 4 nitrogen and oxygen atoms in total. The first kappa shape index (κ1) is 15.3. The monoisotopic (exact) mass is 325 g/mol. The maximum Gasteiger partial charge on any atom is 0.297 e. The summed E-state index contributed by atoms with van der Waals surface area (Å²) in [5.74, 6) is 0.322. The van der Waals surface area contributed by atoms with Crippen molar-refractivity contribution in [2.24, 2.45) is 0 Å². The molecular weight excluding hydrogens is 310 g/mol. The van der Waals surface area contributed by atoms with Crippen LogP contribution in [0.4, 0.5) is 5.82 Å². The zero-order valence-corrected chi connectivity index (χ0v) is 13.4. The van der Waals surface area contributed by atoms with E-state index >= 15 is 0 Å². The Morgan fingerprint density at radius 1 is 1.09 bits per heavy atom. The molecule has 0 aliphatic rings. The molecule has 0 aliphatic carbocycles. The van der Waals surface area contributed by atoms with Crippen LogP contribution in [-0.4, -0.2) is 9.55 Å². The van der Waals surface area contributed by atoms with Crippen LogP contribution in [0.2, 0.25) is 5.02 Å². The molecule has 3 aromatic rings. The van der Waals surface area contributed by atoms with Crippen LogP contribution in [0.1, 0.15) is 11.1 Å². The van der Waals surface area contributed by atoms with Crippen LogP contribution in [0.3, 0.4) is 0 Å². The highest BCUT2D eigenvalue weighted by molar-refractivity contribution is 6.30. The van der Waals surface area contributed by atoms with Crippen LogP contribution in [0.5, 0.6) is 0 Å². The van der Waals surface area contributed by atoms with Gasteiger partial charge in [0.1, 0.15) is 0 Å². The number of anilines is 1. The minimum Gasteiger partial charge on any atom is -0.361 e. The molecule has 1 heterocycles. The van der Waals surface area contributed by atoms with Crippen molar-refractivity contribution in [2.75, 3.05) is 5.32 Å². The normalized spacial score (nSPS) is 10.5. The molecule has 0 bridgehead atoms. The van der Waals surface area contributed by atoms with E-state index in [9.17, 15) is 4.79 Å². The number of halogens is 1. The summed E-state index contributed by atoms with van der Waals surface area (Å²) >= 11 is 5.87. The Morgan fingerprint density at radius 2 is 1.78 bits per heavy atom. The largest absolute Gasteiger partial charge is 0.361 e. The smallest absolute Gasteiger partial charge is 0.297 e. The average molecular weight is 326 g/mol. The quantitative estimate of drug-likeness (QED) is 0.793. The fourth-order valence-electron chi connectivity index (χ4n) is 2.23. The van der Waals surface area contributed by atoms with Crippen LogP contribution in [0.15, 0.2) is 65.7 Å². The van der Waals surface area contributed by atoms with Crippen molar-refractivity contribution in [3.63, 3.8) is 0 Å². The van der Waals surface area contributed by atoms with E-state index < -0.39 is 0 Å². The summed E-state index contributed by atoms with van der Waals surface area (Å²) in [6.07, 6.45) is 3.28. The molecule has 1 N–H and O–H groups in total. The summed E-state index contributed by atoms with van der Waals surface area (Å²) in [7, 11) is 0. The van der Waals surface area contributed by atoms with Crippen molar-refractivity contribution < 1.29 is 0 Å². The van der Waals surface area contributed by atoms with Crippen molar-refractivity contribution in [3.8, 4) is 5.69 Å². The molecule has 0 atom stereocenters. The van der Waals surface area contributed by atoms with E-state index in [1.165, 1.54) is 0 Å². The first-order chi connectivity index (χ1) is 11.1. The molecule has 3 rings (SSSR count). The zero-order valence-electron chi connectivity index (χ0n) is 12.7. The number of hydrogen-bond acceptors (Lipinski definition) is 3.